The van der Waals surface area contributed by atoms with Crippen molar-refractivity contribution >= 4 is 29.2 Å². The third kappa shape index (κ3) is 3.61. The highest BCUT2D eigenvalue weighted by Crippen LogP contribution is 2.21. The highest BCUT2D eigenvalue weighted by atomic mass is 35.5. The molecular formula is C16H11ClN4O2. The van der Waals surface area contributed by atoms with Crippen molar-refractivity contribution in [2.75, 3.05) is 5.32 Å². The largest absolute Gasteiger partial charge is 0.477 e. The zero-order chi connectivity index (χ0) is 16.2. The smallest absolute Gasteiger partial charge is 0.354 e. The molecular weight excluding hydrogens is 316 g/mol. The van der Waals surface area contributed by atoms with E-state index in [9.17, 15) is 4.79 Å². The van der Waals surface area contributed by atoms with Gasteiger partial charge in [0.2, 0.25) is 5.95 Å². The van der Waals surface area contributed by atoms with E-state index in [1.54, 1.807) is 30.5 Å². The van der Waals surface area contributed by atoms with Gasteiger partial charge in [-0.15, -0.1) is 0 Å². The van der Waals surface area contributed by atoms with Crippen LogP contribution in [0.4, 0.5) is 11.6 Å². The Morgan fingerprint density at radius 1 is 1.09 bits per heavy atom. The average molecular weight is 327 g/mol. The second-order valence-electron chi connectivity index (χ2n) is 4.64. The lowest BCUT2D eigenvalue weighted by Gasteiger charge is -2.07. The summed E-state index contributed by atoms with van der Waals surface area (Å²) in [5.74, 6) is -0.698. The van der Waals surface area contributed by atoms with E-state index < -0.39 is 5.97 Å². The van der Waals surface area contributed by atoms with Gasteiger partial charge in [-0.3, -0.25) is 0 Å². The minimum Gasteiger partial charge on any atom is -0.477 e. The van der Waals surface area contributed by atoms with E-state index in [1.165, 1.54) is 12.3 Å². The maximum atomic E-state index is 11.0. The first kappa shape index (κ1) is 14.9. The molecule has 7 heteroatoms. The van der Waals surface area contributed by atoms with Crippen molar-refractivity contribution in [1.29, 1.82) is 0 Å². The average Bonchev–Trinajstić information content (AvgIpc) is 2.55. The molecule has 0 spiro atoms. The Morgan fingerprint density at radius 3 is 2.70 bits per heavy atom. The summed E-state index contributed by atoms with van der Waals surface area (Å²) in [6, 6.07) is 12.0. The van der Waals surface area contributed by atoms with Crippen LogP contribution in [0.2, 0.25) is 5.02 Å². The van der Waals surface area contributed by atoms with Crippen LogP contribution in [0.25, 0.3) is 11.3 Å². The summed E-state index contributed by atoms with van der Waals surface area (Å²) >= 11 is 5.94. The molecule has 2 heterocycles. The molecule has 23 heavy (non-hydrogen) atoms. The Labute approximate surface area is 136 Å². The number of anilines is 2. The van der Waals surface area contributed by atoms with Crippen LogP contribution in [-0.2, 0) is 0 Å². The summed E-state index contributed by atoms with van der Waals surface area (Å²) < 4.78 is 0. The molecule has 6 nitrogen and oxygen atoms in total. The quantitative estimate of drug-likeness (QED) is 0.761. The zero-order valence-electron chi connectivity index (χ0n) is 11.8. The molecule has 0 amide bonds. The minimum atomic E-state index is -1.09. The number of carboxylic acid groups (broad SMARTS) is 1. The number of pyridine rings is 1. The van der Waals surface area contributed by atoms with E-state index in [4.69, 9.17) is 16.7 Å². The van der Waals surface area contributed by atoms with E-state index in [0.717, 1.165) is 5.69 Å². The first-order valence-corrected chi connectivity index (χ1v) is 7.05. The molecule has 0 unspecified atom stereocenters. The summed E-state index contributed by atoms with van der Waals surface area (Å²) in [7, 11) is 0. The Kier molecular flexibility index (Phi) is 4.16. The maximum absolute atomic E-state index is 11.0. The second-order valence-corrected chi connectivity index (χ2v) is 5.07. The van der Waals surface area contributed by atoms with Crippen LogP contribution in [0, 0.1) is 0 Å². The van der Waals surface area contributed by atoms with E-state index in [-0.39, 0.29) is 5.69 Å². The van der Waals surface area contributed by atoms with Crippen molar-refractivity contribution in [3.05, 3.63) is 65.6 Å². The highest BCUT2D eigenvalue weighted by Gasteiger charge is 2.08. The van der Waals surface area contributed by atoms with Gasteiger partial charge in [-0.1, -0.05) is 17.7 Å². The van der Waals surface area contributed by atoms with Gasteiger partial charge < -0.3 is 10.4 Å². The summed E-state index contributed by atoms with van der Waals surface area (Å²) in [5.41, 5.74) is 1.96. The molecule has 3 aromatic rings. The molecule has 0 aliphatic heterocycles. The second kappa shape index (κ2) is 6.41. The van der Waals surface area contributed by atoms with Crippen molar-refractivity contribution in [1.82, 2.24) is 15.0 Å². The number of hydrogen-bond acceptors (Lipinski definition) is 5. The van der Waals surface area contributed by atoms with Gasteiger partial charge >= 0.3 is 5.97 Å². The van der Waals surface area contributed by atoms with E-state index in [2.05, 4.69) is 20.3 Å². The van der Waals surface area contributed by atoms with Crippen molar-refractivity contribution in [3.8, 4) is 11.3 Å². The topological polar surface area (TPSA) is 88.0 Å². The van der Waals surface area contributed by atoms with Crippen LogP contribution in [0.15, 0.2) is 54.9 Å². The predicted octanol–water partition coefficient (Wildman–Crippen LogP) is 3.63. The standard InChI is InChI=1S/C16H11ClN4O2/c17-11-2-1-3-12(9-11)20-16-19-7-5-13(21-16)10-4-6-18-14(8-10)15(22)23/h1-9H,(H,22,23)(H,19,20,21). The molecule has 2 aromatic heterocycles. The van der Waals surface area contributed by atoms with Crippen LogP contribution in [0.1, 0.15) is 10.5 Å². The van der Waals surface area contributed by atoms with E-state index >= 15 is 0 Å². The first-order valence-electron chi connectivity index (χ1n) is 6.67. The van der Waals surface area contributed by atoms with Crippen LogP contribution in [-0.4, -0.2) is 26.0 Å². The number of halogens is 1. The van der Waals surface area contributed by atoms with Crippen molar-refractivity contribution in [3.63, 3.8) is 0 Å². The fourth-order valence-electron chi connectivity index (χ4n) is 1.98. The Hall–Kier alpha value is -2.99. The number of hydrogen-bond donors (Lipinski definition) is 2. The molecule has 0 bridgehead atoms. The van der Waals surface area contributed by atoms with Gasteiger partial charge in [0.1, 0.15) is 5.69 Å². The van der Waals surface area contributed by atoms with Crippen molar-refractivity contribution in [2.24, 2.45) is 0 Å². The number of benzene rings is 1. The van der Waals surface area contributed by atoms with E-state index in [1.807, 2.05) is 12.1 Å². The van der Waals surface area contributed by atoms with Gasteiger partial charge in [0, 0.05) is 28.7 Å². The number of rotatable bonds is 4. The molecule has 0 aliphatic rings. The third-order valence-electron chi connectivity index (χ3n) is 3.01. The first-order chi connectivity index (χ1) is 11.1. The number of carboxylic acids is 1. The summed E-state index contributed by atoms with van der Waals surface area (Å²) in [5, 5.41) is 12.7. The zero-order valence-corrected chi connectivity index (χ0v) is 12.5. The fourth-order valence-corrected chi connectivity index (χ4v) is 2.17. The number of nitrogens with one attached hydrogen (secondary N) is 1. The molecule has 0 saturated carbocycles. The van der Waals surface area contributed by atoms with Crippen LogP contribution in [0.3, 0.4) is 0 Å². The lowest BCUT2D eigenvalue weighted by Crippen LogP contribution is -2.01. The molecule has 0 fully saturated rings. The highest BCUT2D eigenvalue weighted by molar-refractivity contribution is 6.30. The molecule has 0 aliphatic carbocycles. The number of carbonyl (C=O) groups is 1. The van der Waals surface area contributed by atoms with Crippen LogP contribution < -0.4 is 5.32 Å². The summed E-state index contributed by atoms with van der Waals surface area (Å²) in [6.07, 6.45) is 3.03. The van der Waals surface area contributed by atoms with Crippen molar-refractivity contribution < 1.29 is 9.90 Å². The van der Waals surface area contributed by atoms with Gasteiger partial charge in [0.25, 0.3) is 0 Å². The summed E-state index contributed by atoms with van der Waals surface area (Å²) in [6.45, 7) is 0. The molecule has 1 aromatic carbocycles. The lowest BCUT2D eigenvalue weighted by atomic mass is 10.1. The van der Waals surface area contributed by atoms with Gasteiger partial charge in [-0.25, -0.2) is 19.7 Å². The molecule has 0 saturated heterocycles. The third-order valence-corrected chi connectivity index (χ3v) is 3.25. The van der Waals surface area contributed by atoms with Gasteiger partial charge in [-0.05, 0) is 36.4 Å². The monoisotopic (exact) mass is 326 g/mol. The Balaban J connectivity index is 1.91. The van der Waals surface area contributed by atoms with Crippen molar-refractivity contribution in [2.45, 2.75) is 0 Å². The molecule has 3 rings (SSSR count). The van der Waals surface area contributed by atoms with E-state index in [0.29, 0.717) is 22.2 Å². The van der Waals surface area contributed by atoms with Crippen LogP contribution >= 0.6 is 11.6 Å². The number of nitrogens with zero attached hydrogens (tertiary/aromatic N) is 3. The van der Waals surface area contributed by atoms with Gasteiger partial charge in [0.15, 0.2) is 0 Å². The minimum absolute atomic E-state index is 0.0366. The number of aromatic carboxylic acids is 1. The predicted molar refractivity (Wildman–Crippen MR) is 87.0 cm³/mol. The Bertz CT molecular complexity index is 870. The number of aromatic nitrogens is 3. The fraction of sp³-hybridized carbons (Fsp3) is 0. The SMILES string of the molecule is O=C(O)c1cc(-c2ccnc(Nc3cccc(Cl)c3)n2)ccn1. The summed E-state index contributed by atoms with van der Waals surface area (Å²) in [4.78, 5) is 23.3. The molecule has 0 atom stereocenters. The van der Waals surface area contributed by atoms with Crippen LogP contribution in [0.5, 0.6) is 0 Å². The maximum Gasteiger partial charge on any atom is 0.354 e. The molecule has 114 valence electrons. The molecule has 0 radical (unpaired) electrons. The van der Waals surface area contributed by atoms with Gasteiger partial charge in [0.05, 0.1) is 5.69 Å². The lowest BCUT2D eigenvalue weighted by molar-refractivity contribution is 0.0690. The normalized spacial score (nSPS) is 10.3. The molecule has 2 N–H and O–H groups in total. The Morgan fingerprint density at radius 2 is 1.91 bits per heavy atom. The van der Waals surface area contributed by atoms with Gasteiger partial charge in [-0.2, -0.15) is 0 Å².